The Labute approximate surface area is 154 Å². The van der Waals surface area contributed by atoms with Crippen LogP contribution in [-0.4, -0.2) is 47.7 Å². The number of hydrogen-bond donors (Lipinski definition) is 1. The lowest BCUT2D eigenvalue weighted by atomic mass is 10.00. The number of rotatable bonds is 3. The third-order valence-corrected chi connectivity index (χ3v) is 5.07. The Morgan fingerprint density at radius 3 is 2.63 bits per heavy atom. The number of aromatic carboxylic acids is 1. The second-order valence-electron chi connectivity index (χ2n) is 6.56. The number of methoxy groups -OCH3 is 1. The average molecular weight is 375 g/mol. The fourth-order valence-electron chi connectivity index (χ4n) is 3.83. The zero-order chi connectivity index (χ0) is 19.2. The van der Waals surface area contributed by atoms with Gasteiger partial charge in [-0.25, -0.2) is 14.0 Å². The zero-order valence-corrected chi connectivity index (χ0v) is 14.7. The molecule has 7 nitrogen and oxygen atoms in total. The maximum atomic E-state index is 13.9. The van der Waals surface area contributed by atoms with Gasteiger partial charge in [0.25, 0.3) is 0 Å². The van der Waals surface area contributed by atoms with Crippen LogP contribution in [0.1, 0.15) is 32.8 Å². The molecule has 2 aromatic rings. The Balaban J connectivity index is 1.89. The lowest BCUT2D eigenvalue weighted by Gasteiger charge is -2.33. The van der Waals surface area contributed by atoms with Gasteiger partial charge in [-0.2, -0.15) is 0 Å². The van der Waals surface area contributed by atoms with E-state index in [1.54, 1.807) is 6.07 Å². The van der Waals surface area contributed by atoms with Crippen molar-refractivity contribution < 1.29 is 33.3 Å². The van der Waals surface area contributed by atoms with E-state index in [0.717, 1.165) is 6.07 Å². The van der Waals surface area contributed by atoms with Gasteiger partial charge in [-0.05, 0) is 24.3 Å². The predicted octanol–water partition coefficient (Wildman–Crippen LogP) is 2.47. The highest BCUT2D eigenvalue weighted by Crippen LogP contribution is 2.39. The molecular weight excluding hydrogens is 357 g/mol. The molecule has 3 heterocycles. The summed E-state index contributed by atoms with van der Waals surface area (Å²) in [5, 5.41) is 9.49. The summed E-state index contributed by atoms with van der Waals surface area (Å²) >= 11 is 0. The van der Waals surface area contributed by atoms with Crippen LogP contribution in [0.15, 0.2) is 24.3 Å². The summed E-state index contributed by atoms with van der Waals surface area (Å²) in [5.41, 5.74) is 1.55. The number of carbonyl (C=O) groups excluding carboxylic acids is 1. The first-order valence-electron chi connectivity index (χ1n) is 8.56. The number of ether oxygens (including phenoxy) is 3. The SMILES string of the molecule is COC(=O)c1cc(-c2cc(F)ccc2C(=O)O)n2c1CC1(CC2)OCCO1. The molecular formula is C19H18FNO6. The first kappa shape index (κ1) is 17.7. The highest BCUT2D eigenvalue weighted by Gasteiger charge is 2.42. The minimum atomic E-state index is -1.17. The van der Waals surface area contributed by atoms with Crippen LogP contribution in [0.5, 0.6) is 0 Å². The van der Waals surface area contributed by atoms with E-state index in [4.69, 9.17) is 14.2 Å². The van der Waals surface area contributed by atoms with E-state index in [1.165, 1.54) is 19.2 Å². The van der Waals surface area contributed by atoms with Gasteiger partial charge in [-0.1, -0.05) is 0 Å². The van der Waals surface area contributed by atoms with E-state index in [2.05, 4.69) is 0 Å². The Morgan fingerprint density at radius 2 is 1.96 bits per heavy atom. The summed E-state index contributed by atoms with van der Waals surface area (Å²) in [6.07, 6.45) is 0.870. The number of benzene rings is 1. The highest BCUT2D eigenvalue weighted by atomic mass is 19.1. The minimum absolute atomic E-state index is 0.0400. The molecule has 0 aliphatic carbocycles. The molecule has 2 aliphatic rings. The molecule has 0 unspecified atom stereocenters. The van der Waals surface area contributed by atoms with Crippen LogP contribution >= 0.6 is 0 Å². The van der Waals surface area contributed by atoms with Gasteiger partial charge in [0, 0.05) is 30.6 Å². The summed E-state index contributed by atoms with van der Waals surface area (Å²) in [7, 11) is 1.28. The highest BCUT2D eigenvalue weighted by molar-refractivity contribution is 5.98. The second kappa shape index (κ2) is 6.47. The predicted molar refractivity (Wildman–Crippen MR) is 91.1 cm³/mol. The molecule has 8 heteroatoms. The molecule has 0 radical (unpaired) electrons. The van der Waals surface area contributed by atoms with E-state index in [1.807, 2.05) is 4.57 Å². The van der Waals surface area contributed by atoms with Gasteiger partial charge in [0.1, 0.15) is 5.82 Å². The molecule has 27 heavy (non-hydrogen) atoms. The smallest absolute Gasteiger partial charge is 0.339 e. The summed E-state index contributed by atoms with van der Waals surface area (Å²) in [6.45, 7) is 1.40. The molecule has 2 aliphatic heterocycles. The first-order chi connectivity index (χ1) is 12.9. The molecule has 1 saturated heterocycles. The molecule has 0 saturated carbocycles. The number of nitrogens with zero attached hydrogens (tertiary/aromatic N) is 1. The Bertz CT molecular complexity index is 929. The number of esters is 1. The summed E-state index contributed by atoms with van der Waals surface area (Å²) in [4.78, 5) is 23.9. The first-order valence-corrected chi connectivity index (χ1v) is 8.56. The van der Waals surface area contributed by atoms with Crippen molar-refractivity contribution >= 4 is 11.9 Å². The average Bonchev–Trinajstić information content (AvgIpc) is 3.25. The van der Waals surface area contributed by atoms with Crippen molar-refractivity contribution in [3.8, 4) is 11.3 Å². The fourth-order valence-corrected chi connectivity index (χ4v) is 3.83. The number of fused-ring (bicyclic) bond motifs is 1. The van der Waals surface area contributed by atoms with E-state index in [-0.39, 0.29) is 11.1 Å². The quantitative estimate of drug-likeness (QED) is 0.830. The zero-order valence-electron chi connectivity index (χ0n) is 14.7. The van der Waals surface area contributed by atoms with Crippen molar-refractivity contribution in [2.75, 3.05) is 20.3 Å². The summed E-state index contributed by atoms with van der Waals surface area (Å²) < 4.78 is 32.1. The number of halogens is 1. The van der Waals surface area contributed by atoms with Crippen molar-refractivity contribution in [3.05, 3.63) is 46.9 Å². The van der Waals surface area contributed by atoms with Crippen LogP contribution in [-0.2, 0) is 27.2 Å². The minimum Gasteiger partial charge on any atom is -0.478 e. The molecule has 1 N–H and O–H groups in total. The molecule has 1 aromatic heterocycles. The van der Waals surface area contributed by atoms with Crippen LogP contribution in [0.4, 0.5) is 4.39 Å². The Kier molecular flexibility index (Phi) is 4.24. The summed E-state index contributed by atoms with van der Waals surface area (Å²) in [6, 6.07) is 5.04. The number of aromatic nitrogens is 1. The standard InChI is InChI=1S/C19H18FNO6/c1-25-18(24)14-9-15(13-8-11(20)2-3-12(13)17(22)23)21-5-4-19(10-16(14)21)26-6-7-27-19/h2-3,8-9H,4-7,10H2,1H3,(H,22,23). The number of hydrogen-bond acceptors (Lipinski definition) is 5. The van der Waals surface area contributed by atoms with E-state index in [9.17, 15) is 19.1 Å². The molecule has 0 atom stereocenters. The van der Waals surface area contributed by atoms with Crippen LogP contribution in [0.2, 0.25) is 0 Å². The maximum absolute atomic E-state index is 13.9. The Morgan fingerprint density at radius 1 is 1.22 bits per heavy atom. The van der Waals surface area contributed by atoms with Gasteiger partial charge >= 0.3 is 11.9 Å². The van der Waals surface area contributed by atoms with E-state index >= 15 is 0 Å². The van der Waals surface area contributed by atoms with Gasteiger partial charge in [0.2, 0.25) is 0 Å². The third kappa shape index (κ3) is 2.90. The van der Waals surface area contributed by atoms with Crippen LogP contribution in [0.25, 0.3) is 11.3 Å². The molecule has 1 aromatic carbocycles. The molecule has 0 amide bonds. The van der Waals surface area contributed by atoms with Crippen molar-refractivity contribution in [1.82, 2.24) is 4.57 Å². The van der Waals surface area contributed by atoms with Gasteiger partial charge in [-0.3, -0.25) is 0 Å². The second-order valence-corrected chi connectivity index (χ2v) is 6.56. The molecule has 1 fully saturated rings. The largest absolute Gasteiger partial charge is 0.478 e. The normalized spacial score (nSPS) is 17.7. The molecule has 1 spiro atoms. The monoisotopic (exact) mass is 375 g/mol. The van der Waals surface area contributed by atoms with Gasteiger partial charge in [0.05, 0.1) is 37.1 Å². The summed E-state index contributed by atoms with van der Waals surface area (Å²) in [5.74, 6) is -3.06. The van der Waals surface area contributed by atoms with Gasteiger partial charge in [-0.15, -0.1) is 0 Å². The van der Waals surface area contributed by atoms with Crippen molar-refractivity contribution in [2.45, 2.75) is 25.2 Å². The Hall–Kier alpha value is -2.71. The van der Waals surface area contributed by atoms with Crippen molar-refractivity contribution in [1.29, 1.82) is 0 Å². The number of carbonyl (C=O) groups is 2. The lowest BCUT2D eigenvalue weighted by Crippen LogP contribution is -2.39. The van der Waals surface area contributed by atoms with Crippen LogP contribution < -0.4 is 0 Å². The van der Waals surface area contributed by atoms with Crippen LogP contribution in [0, 0.1) is 5.82 Å². The van der Waals surface area contributed by atoms with Crippen molar-refractivity contribution in [2.24, 2.45) is 0 Å². The van der Waals surface area contributed by atoms with E-state index in [0.29, 0.717) is 49.6 Å². The van der Waals surface area contributed by atoms with Crippen molar-refractivity contribution in [3.63, 3.8) is 0 Å². The molecule has 0 bridgehead atoms. The fraction of sp³-hybridized carbons (Fsp3) is 0.368. The van der Waals surface area contributed by atoms with Gasteiger partial charge < -0.3 is 23.9 Å². The topological polar surface area (TPSA) is 87.0 Å². The molecule has 4 rings (SSSR count). The number of carboxylic acids is 1. The number of carboxylic acid groups (broad SMARTS) is 1. The third-order valence-electron chi connectivity index (χ3n) is 5.07. The van der Waals surface area contributed by atoms with Gasteiger partial charge in [0.15, 0.2) is 5.79 Å². The molecule has 142 valence electrons. The maximum Gasteiger partial charge on any atom is 0.339 e. The lowest BCUT2D eigenvalue weighted by molar-refractivity contribution is -0.169. The van der Waals surface area contributed by atoms with Crippen LogP contribution in [0.3, 0.4) is 0 Å². The van der Waals surface area contributed by atoms with E-state index < -0.39 is 23.5 Å².